The van der Waals surface area contributed by atoms with Crippen LogP contribution in [0.25, 0.3) is 0 Å². The first-order valence-electron chi connectivity index (χ1n) is 4.27. The molecule has 0 aliphatic carbocycles. The largest absolute Gasteiger partial charge is 0.230 e. The number of hydrogen-bond acceptors (Lipinski definition) is 1. The van der Waals surface area contributed by atoms with E-state index in [1.54, 1.807) is 0 Å². The minimum Gasteiger partial charge on any atom is -0.230 e. The third-order valence-electron chi connectivity index (χ3n) is 1.97. The first kappa shape index (κ1) is 9.56. The molecule has 1 N–H and O–H groups in total. The van der Waals surface area contributed by atoms with E-state index < -0.39 is 0 Å². The minimum absolute atomic E-state index is 0.383. The van der Waals surface area contributed by atoms with Gasteiger partial charge in [0.05, 0.1) is 0 Å². The Morgan fingerprint density at radius 1 is 1.33 bits per heavy atom. The Hall–Kier alpha value is -0.530. The maximum Gasteiger partial charge on any atom is 0.0258 e. The van der Waals surface area contributed by atoms with Crippen molar-refractivity contribution in [3.05, 3.63) is 35.9 Å². The van der Waals surface area contributed by atoms with Crippen LogP contribution in [0.3, 0.4) is 0 Å². The van der Waals surface area contributed by atoms with Crippen LogP contribution in [0.1, 0.15) is 18.9 Å². The van der Waals surface area contributed by atoms with Crippen LogP contribution in [-0.2, 0) is 6.42 Å². The molecule has 2 heteroatoms. The summed E-state index contributed by atoms with van der Waals surface area (Å²) in [5.41, 5.74) is 1.33. The molecule has 1 atom stereocenters. The summed E-state index contributed by atoms with van der Waals surface area (Å²) in [6.07, 6.45) is 2.05. The van der Waals surface area contributed by atoms with Gasteiger partial charge in [0.1, 0.15) is 0 Å². The summed E-state index contributed by atoms with van der Waals surface area (Å²) >= 11 is 5.57. The molecular weight excluding hydrogens is 170 g/mol. The molecule has 0 radical (unpaired) electrons. The highest BCUT2D eigenvalue weighted by atomic mass is 35.5. The summed E-state index contributed by atoms with van der Waals surface area (Å²) < 4.78 is 0. The molecule has 0 saturated heterocycles. The van der Waals surface area contributed by atoms with Gasteiger partial charge in [-0.05, 0) is 30.2 Å². The standard InChI is InChI=1S/C10H14ClN/c1-2-10(12-11)8-9-6-4-3-5-7-9/h3-7,10,12H,2,8H2,1H3/t10-/m1/s1. The van der Waals surface area contributed by atoms with Gasteiger partial charge in [0, 0.05) is 6.04 Å². The number of halogens is 1. The van der Waals surface area contributed by atoms with E-state index in [1.807, 2.05) is 6.07 Å². The van der Waals surface area contributed by atoms with E-state index in [4.69, 9.17) is 11.8 Å². The van der Waals surface area contributed by atoms with E-state index in [-0.39, 0.29) is 0 Å². The van der Waals surface area contributed by atoms with Gasteiger partial charge in [0.25, 0.3) is 0 Å². The Kier molecular flexibility index (Phi) is 4.12. The third-order valence-corrected chi connectivity index (χ3v) is 2.28. The van der Waals surface area contributed by atoms with E-state index >= 15 is 0 Å². The minimum atomic E-state index is 0.383. The van der Waals surface area contributed by atoms with Gasteiger partial charge in [-0.15, -0.1) is 0 Å². The summed E-state index contributed by atoms with van der Waals surface area (Å²) in [5.74, 6) is 0. The lowest BCUT2D eigenvalue weighted by molar-refractivity contribution is 0.601. The molecule has 1 nitrogen and oxygen atoms in total. The smallest absolute Gasteiger partial charge is 0.0258 e. The SMILES string of the molecule is CC[C@H](Cc1ccccc1)NCl. The van der Waals surface area contributed by atoms with E-state index in [2.05, 4.69) is 36.0 Å². The molecule has 0 aliphatic heterocycles. The maximum atomic E-state index is 5.57. The zero-order chi connectivity index (χ0) is 8.81. The van der Waals surface area contributed by atoms with Crippen LogP contribution in [0.15, 0.2) is 30.3 Å². The molecule has 66 valence electrons. The van der Waals surface area contributed by atoms with Crippen LogP contribution in [0.2, 0.25) is 0 Å². The highest BCUT2D eigenvalue weighted by Crippen LogP contribution is 2.05. The monoisotopic (exact) mass is 183 g/mol. The lowest BCUT2D eigenvalue weighted by Crippen LogP contribution is -2.22. The van der Waals surface area contributed by atoms with Crippen molar-refractivity contribution in [3.8, 4) is 0 Å². The fourth-order valence-electron chi connectivity index (χ4n) is 1.16. The molecule has 0 aliphatic rings. The second-order valence-electron chi connectivity index (χ2n) is 2.90. The zero-order valence-electron chi connectivity index (χ0n) is 7.26. The average molecular weight is 184 g/mol. The van der Waals surface area contributed by atoms with E-state index in [9.17, 15) is 0 Å². The summed E-state index contributed by atoms with van der Waals surface area (Å²) in [6.45, 7) is 2.13. The summed E-state index contributed by atoms with van der Waals surface area (Å²) in [7, 11) is 0. The first-order chi connectivity index (χ1) is 5.86. The van der Waals surface area contributed by atoms with Gasteiger partial charge < -0.3 is 0 Å². The molecule has 1 aromatic rings. The fourth-order valence-corrected chi connectivity index (χ4v) is 1.39. The van der Waals surface area contributed by atoms with Crippen LogP contribution in [0.4, 0.5) is 0 Å². The van der Waals surface area contributed by atoms with Gasteiger partial charge in [-0.25, -0.2) is 4.84 Å². The highest BCUT2D eigenvalue weighted by Gasteiger charge is 2.03. The first-order valence-corrected chi connectivity index (χ1v) is 4.64. The van der Waals surface area contributed by atoms with Crippen molar-refractivity contribution in [3.63, 3.8) is 0 Å². The van der Waals surface area contributed by atoms with Gasteiger partial charge in [0.15, 0.2) is 0 Å². The van der Waals surface area contributed by atoms with E-state index in [1.165, 1.54) is 5.56 Å². The summed E-state index contributed by atoms with van der Waals surface area (Å²) in [5, 5.41) is 0. The van der Waals surface area contributed by atoms with E-state index in [0.29, 0.717) is 6.04 Å². The fraction of sp³-hybridized carbons (Fsp3) is 0.400. The van der Waals surface area contributed by atoms with Crippen molar-refractivity contribution in [2.75, 3.05) is 0 Å². The molecule has 0 fully saturated rings. The second-order valence-corrected chi connectivity index (χ2v) is 3.12. The van der Waals surface area contributed by atoms with Crippen molar-refractivity contribution in [2.45, 2.75) is 25.8 Å². The van der Waals surface area contributed by atoms with Crippen molar-refractivity contribution >= 4 is 11.8 Å². The second kappa shape index (κ2) is 5.18. The maximum absolute atomic E-state index is 5.57. The molecule has 1 rings (SSSR count). The molecule has 0 unspecified atom stereocenters. The van der Waals surface area contributed by atoms with Crippen LogP contribution in [-0.4, -0.2) is 6.04 Å². The average Bonchev–Trinajstić information content (AvgIpc) is 2.16. The topological polar surface area (TPSA) is 12.0 Å². The van der Waals surface area contributed by atoms with Crippen LogP contribution < -0.4 is 4.84 Å². The van der Waals surface area contributed by atoms with Crippen molar-refractivity contribution in [1.29, 1.82) is 0 Å². The number of rotatable bonds is 4. The summed E-state index contributed by atoms with van der Waals surface area (Å²) in [4.78, 5) is 2.77. The quantitative estimate of drug-likeness (QED) is 0.708. The number of nitrogens with one attached hydrogen (secondary N) is 1. The lowest BCUT2D eigenvalue weighted by atomic mass is 10.1. The number of benzene rings is 1. The summed E-state index contributed by atoms with van der Waals surface area (Å²) in [6, 6.07) is 10.8. The predicted octanol–water partition coefficient (Wildman–Crippen LogP) is 2.75. The van der Waals surface area contributed by atoms with E-state index in [0.717, 1.165) is 12.8 Å². The molecular formula is C10H14ClN. The van der Waals surface area contributed by atoms with Crippen molar-refractivity contribution < 1.29 is 0 Å². The molecule has 0 heterocycles. The molecule has 0 aromatic heterocycles. The third kappa shape index (κ3) is 2.84. The van der Waals surface area contributed by atoms with Gasteiger partial charge in [-0.3, -0.25) is 0 Å². The van der Waals surface area contributed by atoms with Gasteiger partial charge in [-0.2, -0.15) is 0 Å². The van der Waals surface area contributed by atoms with Crippen molar-refractivity contribution in [1.82, 2.24) is 4.84 Å². The Labute approximate surface area is 78.9 Å². The Morgan fingerprint density at radius 2 is 2.00 bits per heavy atom. The Morgan fingerprint density at radius 3 is 2.50 bits per heavy atom. The molecule has 0 bridgehead atoms. The zero-order valence-corrected chi connectivity index (χ0v) is 8.01. The molecule has 0 saturated carbocycles. The molecule has 1 aromatic carbocycles. The molecule has 0 amide bonds. The van der Waals surface area contributed by atoms with Crippen LogP contribution >= 0.6 is 11.8 Å². The van der Waals surface area contributed by atoms with Crippen LogP contribution in [0, 0.1) is 0 Å². The van der Waals surface area contributed by atoms with Gasteiger partial charge >= 0.3 is 0 Å². The normalized spacial score (nSPS) is 12.8. The predicted molar refractivity (Wildman–Crippen MR) is 53.2 cm³/mol. The van der Waals surface area contributed by atoms with Gasteiger partial charge in [0.2, 0.25) is 0 Å². The Balaban J connectivity index is 2.51. The van der Waals surface area contributed by atoms with Crippen molar-refractivity contribution in [2.24, 2.45) is 0 Å². The molecule has 12 heavy (non-hydrogen) atoms. The number of hydrogen-bond donors (Lipinski definition) is 1. The lowest BCUT2D eigenvalue weighted by Gasteiger charge is -2.11. The Bertz CT molecular complexity index is 206. The highest BCUT2D eigenvalue weighted by molar-refractivity contribution is 6.13. The molecule has 0 spiro atoms. The van der Waals surface area contributed by atoms with Crippen LogP contribution in [0.5, 0.6) is 0 Å². The van der Waals surface area contributed by atoms with Gasteiger partial charge in [-0.1, -0.05) is 37.3 Å².